The van der Waals surface area contributed by atoms with Gasteiger partial charge in [0, 0.05) is 19.6 Å². The molecule has 2 atom stereocenters. The van der Waals surface area contributed by atoms with Crippen LogP contribution in [0.1, 0.15) is 36.6 Å². The highest BCUT2D eigenvalue weighted by atomic mass is 16.5. The van der Waals surface area contributed by atoms with Crippen LogP contribution in [0.25, 0.3) is 0 Å². The molecule has 2 aromatic rings. The number of morpholine rings is 1. The van der Waals surface area contributed by atoms with Gasteiger partial charge in [0.15, 0.2) is 6.10 Å². The van der Waals surface area contributed by atoms with Crippen LogP contribution in [0.2, 0.25) is 0 Å². The molecule has 1 saturated heterocycles. The molecule has 2 aromatic carbocycles. The third-order valence-corrected chi connectivity index (χ3v) is 5.12. The lowest BCUT2D eigenvalue weighted by Crippen LogP contribution is -2.56. The van der Waals surface area contributed by atoms with Gasteiger partial charge in [0.05, 0.1) is 6.04 Å². The van der Waals surface area contributed by atoms with Crippen molar-refractivity contribution < 1.29 is 14.3 Å². The Labute approximate surface area is 166 Å². The molecule has 1 fully saturated rings. The Kier molecular flexibility index (Phi) is 6.15. The van der Waals surface area contributed by atoms with Crippen LogP contribution in [0, 0.1) is 6.92 Å². The van der Waals surface area contributed by atoms with Crippen molar-refractivity contribution in [2.24, 2.45) is 0 Å². The molecule has 0 spiro atoms. The van der Waals surface area contributed by atoms with E-state index in [1.54, 1.807) is 16.8 Å². The summed E-state index contributed by atoms with van der Waals surface area (Å²) in [5.74, 6) is -0.207. The van der Waals surface area contributed by atoms with Crippen molar-refractivity contribution in [1.82, 2.24) is 9.80 Å². The lowest BCUT2D eigenvalue weighted by Gasteiger charge is -2.43. The molecule has 148 valence electrons. The van der Waals surface area contributed by atoms with Crippen molar-refractivity contribution in [1.29, 1.82) is 0 Å². The van der Waals surface area contributed by atoms with Gasteiger partial charge < -0.3 is 14.5 Å². The van der Waals surface area contributed by atoms with Gasteiger partial charge >= 0.3 is 0 Å². The van der Waals surface area contributed by atoms with Gasteiger partial charge in [0.2, 0.25) is 5.91 Å². The summed E-state index contributed by atoms with van der Waals surface area (Å²) in [6.45, 7) is 6.40. The van der Waals surface area contributed by atoms with Crippen molar-refractivity contribution in [3.8, 4) is 0 Å². The number of carbonyl (C=O) groups excluding carboxylic acids is 2. The maximum Gasteiger partial charge on any atom is 0.254 e. The minimum absolute atomic E-state index is 0.0284. The summed E-state index contributed by atoms with van der Waals surface area (Å²) in [5.41, 5.74) is 3.15. The molecule has 1 aliphatic heterocycles. The predicted octanol–water partition coefficient (Wildman–Crippen LogP) is 3.33. The fourth-order valence-electron chi connectivity index (χ4n) is 3.69. The van der Waals surface area contributed by atoms with Crippen molar-refractivity contribution >= 4 is 11.8 Å². The van der Waals surface area contributed by atoms with Crippen LogP contribution < -0.4 is 0 Å². The Morgan fingerprint density at radius 1 is 1.14 bits per heavy atom. The van der Waals surface area contributed by atoms with E-state index in [4.69, 9.17) is 4.74 Å². The molecule has 2 amide bonds. The molecule has 1 heterocycles. The average molecular weight is 380 g/mol. The minimum atomic E-state index is -0.724. The highest BCUT2D eigenvalue weighted by molar-refractivity contribution is 5.86. The molecule has 0 bridgehead atoms. The van der Waals surface area contributed by atoms with Crippen LogP contribution in [0.3, 0.4) is 0 Å². The Balaban J connectivity index is 1.87. The van der Waals surface area contributed by atoms with E-state index in [0.717, 1.165) is 11.1 Å². The first-order valence-corrected chi connectivity index (χ1v) is 9.66. The number of hydrogen-bond acceptors (Lipinski definition) is 3. The molecular formula is C23H28N2O3. The van der Waals surface area contributed by atoms with Crippen LogP contribution in [-0.2, 0) is 20.9 Å². The second-order valence-corrected chi connectivity index (χ2v) is 7.66. The normalized spacial score (nSPS) is 19.8. The Morgan fingerprint density at radius 2 is 1.79 bits per heavy atom. The molecular weight excluding hydrogens is 352 g/mol. The molecule has 0 saturated carbocycles. The first kappa shape index (κ1) is 20.1. The van der Waals surface area contributed by atoms with Gasteiger partial charge in [-0.15, -0.1) is 0 Å². The fraction of sp³-hybridized carbons (Fsp3) is 0.391. The SMILES string of the molecule is Cc1ccc(CN(C)C(=O)[C@H]2OCC(=O)N(C(C)C)[C@@H]2c2ccccc2)cc1. The van der Waals surface area contributed by atoms with Crippen LogP contribution in [-0.4, -0.2) is 47.4 Å². The number of carbonyl (C=O) groups is 2. The summed E-state index contributed by atoms with van der Waals surface area (Å²) >= 11 is 0. The van der Waals surface area contributed by atoms with E-state index in [9.17, 15) is 9.59 Å². The number of ether oxygens (including phenoxy) is 1. The topological polar surface area (TPSA) is 49.9 Å². The van der Waals surface area contributed by atoms with Gasteiger partial charge in [0.1, 0.15) is 6.61 Å². The van der Waals surface area contributed by atoms with E-state index in [1.807, 2.05) is 75.4 Å². The largest absolute Gasteiger partial charge is 0.356 e. The van der Waals surface area contributed by atoms with Gasteiger partial charge in [-0.3, -0.25) is 9.59 Å². The van der Waals surface area contributed by atoms with E-state index in [0.29, 0.717) is 6.54 Å². The van der Waals surface area contributed by atoms with Crippen molar-refractivity contribution in [2.75, 3.05) is 13.7 Å². The maximum atomic E-state index is 13.3. The highest BCUT2D eigenvalue weighted by Crippen LogP contribution is 2.33. The lowest BCUT2D eigenvalue weighted by molar-refractivity contribution is -0.171. The van der Waals surface area contributed by atoms with Gasteiger partial charge in [-0.25, -0.2) is 0 Å². The summed E-state index contributed by atoms with van der Waals surface area (Å²) in [6.07, 6.45) is -0.724. The van der Waals surface area contributed by atoms with Gasteiger partial charge in [0.25, 0.3) is 5.91 Å². The summed E-state index contributed by atoms with van der Waals surface area (Å²) in [4.78, 5) is 29.3. The second kappa shape index (κ2) is 8.57. The third kappa shape index (κ3) is 4.25. The third-order valence-electron chi connectivity index (χ3n) is 5.12. The second-order valence-electron chi connectivity index (χ2n) is 7.66. The molecule has 3 rings (SSSR count). The molecule has 5 nitrogen and oxygen atoms in total. The Hall–Kier alpha value is -2.66. The van der Waals surface area contributed by atoms with Crippen LogP contribution in [0.15, 0.2) is 54.6 Å². The number of likely N-dealkylation sites (N-methyl/N-ethyl adjacent to an activating group) is 1. The summed E-state index contributed by atoms with van der Waals surface area (Å²) in [5, 5.41) is 0. The zero-order chi connectivity index (χ0) is 20.3. The van der Waals surface area contributed by atoms with E-state index in [2.05, 4.69) is 0 Å². The maximum absolute atomic E-state index is 13.3. The zero-order valence-corrected chi connectivity index (χ0v) is 17.0. The van der Waals surface area contributed by atoms with E-state index in [-0.39, 0.29) is 24.5 Å². The van der Waals surface area contributed by atoms with Crippen molar-refractivity contribution in [3.63, 3.8) is 0 Å². The Bertz CT molecular complexity index is 818. The number of amides is 2. The fourth-order valence-corrected chi connectivity index (χ4v) is 3.69. The van der Waals surface area contributed by atoms with Crippen LogP contribution in [0.4, 0.5) is 0 Å². The molecule has 0 aromatic heterocycles. The van der Waals surface area contributed by atoms with Crippen LogP contribution >= 0.6 is 0 Å². The lowest BCUT2D eigenvalue weighted by atomic mass is 9.95. The monoisotopic (exact) mass is 380 g/mol. The first-order chi connectivity index (χ1) is 13.4. The summed E-state index contributed by atoms with van der Waals surface area (Å²) in [6, 6.07) is 17.3. The average Bonchev–Trinajstić information content (AvgIpc) is 2.69. The number of aryl methyl sites for hydroxylation is 1. The number of hydrogen-bond donors (Lipinski definition) is 0. The number of rotatable bonds is 5. The zero-order valence-electron chi connectivity index (χ0n) is 17.0. The van der Waals surface area contributed by atoms with Crippen molar-refractivity contribution in [3.05, 3.63) is 71.3 Å². The van der Waals surface area contributed by atoms with Crippen molar-refractivity contribution in [2.45, 2.75) is 45.5 Å². The quantitative estimate of drug-likeness (QED) is 0.799. The van der Waals surface area contributed by atoms with Crippen LogP contribution in [0.5, 0.6) is 0 Å². The standard InChI is InChI=1S/C23H28N2O3/c1-16(2)25-20(26)15-28-22(21(25)19-8-6-5-7-9-19)23(27)24(4)14-18-12-10-17(3)11-13-18/h5-13,16,21-22H,14-15H2,1-4H3/t21-,22+/m1/s1. The molecule has 0 unspecified atom stereocenters. The van der Waals surface area contributed by atoms with E-state index < -0.39 is 12.1 Å². The summed E-state index contributed by atoms with van der Waals surface area (Å²) < 4.78 is 5.80. The van der Waals surface area contributed by atoms with E-state index in [1.165, 1.54) is 5.56 Å². The molecule has 0 aliphatic carbocycles. The summed E-state index contributed by atoms with van der Waals surface area (Å²) in [7, 11) is 1.78. The van der Waals surface area contributed by atoms with Gasteiger partial charge in [-0.1, -0.05) is 60.2 Å². The molecule has 1 aliphatic rings. The molecule has 5 heteroatoms. The minimum Gasteiger partial charge on any atom is -0.356 e. The highest BCUT2D eigenvalue weighted by Gasteiger charge is 2.43. The molecule has 28 heavy (non-hydrogen) atoms. The predicted molar refractivity (Wildman–Crippen MR) is 109 cm³/mol. The smallest absolute Gasteiger partial charge is 0.254 e. The molecule has 0 radical (unpaired) electrons. The number of nitrogens with zero attached hydrogens (tertiary/aromatic N) is 2. The molecule has 0 N–H and O–H groups in total. The van der Waals surface area contributed by atoms with E-state index >= 15 is 0 Å². The van der Waals surface area contributed by atoms with Gasteiger partial charge in [-0.05, 0) is 31.9 Å². The first-order valence-electron chi connectivity index (χ1n) is 9.66. The Morgan fingerprint density at radius 3 is 2.39 bits per heavy atom. The van der Waals surface area contributed by atoms with Gasteiger partial charge in [-0.2, -0.15) is 0 Å². The number of benzene rings is 2.